The molecule has 0 bridgehead atoms. The molecular weight excluding hydrogens is 150 g/mol. The molecule has 3 N–H and O–H groups in total. The molecule has 0 aliphatic carbocycles. The Kier molecular flexibility index (Phi) is 1.97. The number of hydrogen-bond donors (Lipinski definition) is 2. The second-order valence-electron chi connectivity index (χ2n) is 1.84. The van der Waals surface area contributed by atoms with Gasteiger partial charge in [0.1, 0.15) is 5.15 Å². The van der Waals surface area contributed by atoms with Crippen molar-refractivity contribution in [2.24, 2.45) is 0 Å². The second-order valence-corrected chi connectivity index (χ2v) is 2.23. The van der Waals surface area contributed by atoms with Crippen molar-refractivity contribution in [3.8, 4) is 0 Å². The van der Waals surface area contributed by atoms with Crippen LogP contribution in [-0.4, -0.2) is 12.0 Å². The minimum absolute atomic E-state index is 0.413. The first-order valence-corrected chi connectivity index (χ1v) is 3.20. The third-order valence-corrected chi connectivity index (χ3v) is 1.38. The van der Waals surface area contributed by atoms with E-state index in [2.05, 4.69) is 10.3 Å². The highest BCUT2D eigenvalue weighted by molar-refractivity contribution is 6.29. The van der Waals surface area contributed by atoms with Crippen LogP contribution in [0, 0.1) is 0 Å². The maximum atomic E-state index is 5.56. The van der Waals surface area contributed by atoms with Gasteiger partial charge >= 0.3 is 0 Å². The number of nitrogens with two attached hydrogens (primary N) is 1. The SMILES string of the molecule is CNc1cnc(Cl)cc1N. The predicted molar refractivity (Wildman–Crippen MR) is 43.2 cm³/mol. The van der Waals surface area contributed by atoms with Crippen molar-refractivity contribution < 1.29 is 0 Å². The number of pyridine rings is 1. The van der Waals surface area contributed by atoms with Crippen molar-refractivity contribution in [1.82, 2.24) is 4.98 Å². The summed E-state index contributed by atoms with van der Waals surface area (Å²) in [5.41, 5.74) is 6.95. The predicted octanol–water partition coefficient (Wildman–Crippen LogP) is 1.36. The first-order chi connectivity index (χ1) is 4.74. The van der Waals surface area contributed by atoms with E-state index in [9.17, 15) is 0 Å². The van der Waals surface area contributed by atoms with Crippen LogP contribution >= 0.6 is 11.6 Å². The van der Waals surface area contributed by atoms with Crippen LogP contribution in [0.5, 0.6) is 0 Å². The number of halogens is 1. The first kappa shape index (κ1) is 7.15. The molecule has 0 radical (unpaired) electrons. The topological polar surface area (TPSA) is 50.9 Å². The number of nitrogens with zero attached hydrogens (tertiary/aromatic N) is 1. The number of anilines is 2. The zero-order valence-corrected chi connectivity index (χ0v) is 6.31. The fraction of sp³-hybridized carbons (Fsp3) is 0.167. The highest BCUT2D eigenvalue weighted by atomic mass is 35.5. The maximum Gasteiger partial charge on any atom is 0.131 e. The molecule has 0 saturated heterocycles. The molecule has 0 fully saturated rings. The zero-order chi connectivity index (χ0) is 7.56. The summed E-state index contributed by atoms with van der Waals surface area (Å²) in [7, 11) is 1.78. The van der Waals surface area contributed by atoms with Crippen molar-refractivity contribution in [1.29, 1.82) is 0 Å². The molecule has 54 valence electrons. The monoisotopic (exact) mass is 157 g/mol. The van der Waals surface area contributed by atoms with Crippen molar-refractivity contribution >= 4 is 23.0 Å². The van der Waals surface area contributed by atoms with Gasteiger partial charge < -0.3 is 11.1 Å². The van der Waals surface area contributed by atoms with Crippen LogP contribution in [0.15, 0.2) is 12.3 Å². The Bertz CT molecular complexity index is 236. The number of rotatable bonds is 1. The van der Waals surface area contributed by atoms with Gasteiger partial charge in [-0.15, -0.1) is 0 Å². The Morgan fingerprint density at radius 2 is 2.40 bits per heavy atom. The molecule has 0 spiro atoms. The van der Waals surface area contributed by atoms with Gasteiger partial charge in [0, 0.05) is 13.1 Å². The summed E-state index contributed by atoms with van der Waals surface area (Å²) < 4.78 is 0. The average molecular weight is 158 g/mol. The zero-order valence-electron chi connectivity index (χ0n) is 5.56. The van der Waals surface area contributed by atoms with Crippen molar-refractivity contribution in [3.05, 3.63) is 17.4 Å². The standard InChI is InChI=1S/C6H8ClN3/c1-9-5-3-10-6(7)2-4(5)8/h2-3,9H,1H3,(H2,8,10). The van der Waals surface area contributed by atoms with Crippen LogP contribution in [-0.2, 0) is 0 Å². The van der Waals surface area contributed by atoms with Gasteiger partial charge in [-0.3, -0.25) is 0 Å². The molecule has 0 amide bonds. The van der Waals surface area contributed by atoms with Crippen LogP contribution in [0.2, 0.25) is 5.15 Å². The molecular formula is C6H8ClN3. The number of nitrogens with one attached hydrogen (secondary N) is 1. The molecule has 1 aromatic heterocycles. The average Bonchev–Trinajstić information content (AvgIpc) is 1.88. The molecule has 3 nitrogen and oxygen atoms in total. The number of hydrogen-bond acceptors (Lipinski definition) is 3. The lowest BCUT2D eigenvalue weighted by atomic mass is 10.3. The molecule has 0 aromatic carbocycles. The Morgan fingerprint density at radius 1 is 1.70 bits per heavy atom. The van der Waals surface area contributed by atoms with E-state index in [0.29, 0.717) is 10.8 Å². The molecule has 1 rings (SSSR count). The lowest BCUT2D eigenvalue weighted by molar-refractivity contribution is 1.31. The minimum Gasteiger partial charge on any atom is -0.397 e. The second kappa shape index (κ2) is 2.75. The van der Waals surface area contributed by atoms with Crippen LogP contribution in [0.25, 0.3) is 0 Å². The maximum absolute atomic E-state index is 5.56. The molecule has 10 heavy (non-hydrogen) atoms. The number of nitrogen functional groups attached to an aromatic ring is 1. The smallest absolute Gasteiger partial charge is 0.131 e. The van der Waals surface area contributed by atoms with Crippen molar-refractivity contribution in [2.45, 2.75) is 0 Å². The highest BCUT2D eigenvalue weighted by Gasteiger charge is 1.96. The Labute approximate surface area is 64.2 Å². The summed E-state index contributed by atoms with van der Waals surface area (Å²) in [4.78, 5) is 3.83. The van der Waals surface area contributed by atoms with Crippen LogP contribution < -0.4 is 11.1 Å². The highest BCUT2D eigenvalue weighted by Crippen LogP contribution is 2.18. The summed E-state index contributed by atoms with van der Waals surface area (Å²) in [6.07, 6.45) is 1.59. The number of aromatic nitrogens is 1. The molecule has 0 saturated carbocycles. The third-order valence-electron chi connectivity index (χ3n) is 1.17. The van der Waals surface area contributed by atoms with E-state index in [4.69, 9.17) is 17.3 Å². The van der Waals surface area contributed by atoms with Gasteiger partial charge in [0.15, 0.2) is 0 Å². The normalized spacial score (nSPS) is 9.40. The molecule has 0 aliphatic heterocycles. The van der Waals surface area contributed by atoms with Crippen LogP contribution in [0.1, 0.15) is 0 Å². The molecule has 0 atom stereocenters. The van der Waals surface area contributed by atoms with Gasteiger partial charge in [0.05, 0.1) is 17.6 Å². The molecule has 0 aliphatic rings. The molecule has 1 heterocycles. The fourth-order valence-electron chi connectivity index (χ4n) is 0.653. The molecule has 0 unspecified atom stereocenters. The van der Waals surface area contributed by atoms with Crippen LogP contribution in [0.3, 0.4) is 0 Å². The minimum atomic E-state index is 0.413. The molecule has 4 heteroatoms. The van der Waals surface area contributed by atoms with E-state index in [1.54, 1.807) is 19.3 Å². The van der Waals surface area contributed by atoms with E-state index in [1.807, 2.05) is 0 Å². The summed E-state index contributed by atoms with van der Waals surface area (Å²) >= 11 is 5.56. The summed E-state index contributed by atoms with van der Waals surface area (Å²) in [6.45, 7) is 0. The van der Waals surface area contributed by atoms with Gasteiger partial charge in [-0.1, -0.05) is 11.6 Å². The Balaban J connectivity index is 3.07. The van der Waals surface area contributed by atoms with Crippen LogP contribution in [0.4, 0.5) is 11.4 Å². The van der Waals surface area contributed by atoms with Gasteiger partial charge in [-0.25, -0.2) is 4.98 Å². The summed E-state index contributed by atoms with van der Waals surface area (Å²) in [5, 5.41) is 3.29. The Hall–Kier alpha value is -0.960. The lowest BCUT2D eigenvalue weighted by Crippen LogP contribution is -1.95. The van der Waals surface area contributed by atoms with E-state index in [1.165, 1.54) is 0 Å². The van der Waals surface area contributed by atoms with E-state index >= 15 is 0 Å². The van der Waals surface area contributed by atoms with Gasteiger partial charge in [-0.2, -0.15) is 0 Å². The quantitative estimate of drug-likeness (QED) is 0.606. The van der Waals surface area contributed by atoms with Crippen molar-refractivity contribution in [3.63, 3.8) is 0 Å². The van der Waals surface area contributed by atoms with Gasteiger partial charge in [-0.05, 0) is 0 Å². The Morgan fingerprint density at radius 3 is 2.90 bits per heavy atom. The largest absolute Gasteiger partial charge is 0.397 e. The summed E-state index contributed by atoms with van der Waals surface area (Å²) in [5.74, 6) is 0. The fourth-order valence-corrected chi connectivity index (χ4v) is 0.819. The van der Waals surface area contributed by atoms with Gasteiger partial charge in [0.2, 0.25) is 0 Å². The first-order valence-electron chi connectivity index (χ1n) is 2.83. The van der Waals surface area contributed by atoms with Gasteiger partial charge in [0.25, 0.3) is 0 Å². The lowest BCUT2D eigenvalue weighted by Gasteiger charge is -2.02. The third kappa shape index (κ3) is 1.30. The molecule has 1 aromatic rings. The van der Waals surface area contributed by atoms with Crippen molar-refractivity contribution in [2.75, 3.05) is 18.1 Å². The van der Waals surface area contributed by atoms with E-state index in [0.717, 1.165) is 5.69 Å². The van der Waals surface area contributed by atoms with E-state index in [-0.39, 0.29) is 0 Å². The van der Waals surface area contributed by atoms with E-state index < -0.39 is 0 Å². The summed E-state index contributed by atoms with van der Waals surface area (Å²) in [6, 6.07) is 1.60.